The second-order valence-electron chi connectivity index (χ2n) is 7.01. The van der Waals surface area contributed by atoms with Gasteiger partial charge in [-0.15, -0.1) is 0 Å². The fourth-order valence-corrected chi connectivity index (χ4v) is 3.43. The zero-order valence-corrected chi connectivity index (χ0v) is 15.7. The number of ether oxygens (including phenoxy) is 3. The van der Waals surface area contributed by atoms with Gasteiger partial charge in [0.25, 0.3) is 0 Å². The van der Waals surface area contributed by atoms with Crippen molar-refractivity contribution >= 4 is 0 Å². The normalized spacial score (nSPS) is 17.8. The highest BCUT2D eigenvalue weighted by molar-refractivity contribution is 5.51. The monoisotopic (exact) mass is 360 g/mol. The Morgan fingerprint density at radius 2 is 1.33 bits per heavy atom. The summed E-state index contributed by atoms with van der Waals surface area (Å²) in [6, 6.07) is 27.3. The van der Waals surface area contributed by atoms with Crippen LogP contribution in [0.2, 0.25) is 0 Å². The molecule has 1 fully saturated rings. The van der Waals surface area contributed by atoms with Gasteiger partial charge in [0.15, 0.2) is 0 Å². The molecule has 0 spiro atoms. The average Bonchev–Trinajstić information content (AvgIpc) is 3.57. The molecule has 3 heteroatoms. The highest BCUT2D eigenvalue weighted by Gasteiger charge is 2.31. The molecule has 3 nitrogen and oxygen atoms in total. The first-order valence-corrected chi connectivity index (χ1v) is 9.25. The summed E-state index contributed by atoms with van der Waals surface area (Å²) >= 11 is 0. The van der Waals surface area contributed by atoms with Crippen LogP contribution in [0.4, 0.5) is 0 Å². The first-order valence-electron chi connectivity index (χ1n) is 9.25. The van der Waals surface area contributed by atoms with E-state index < -0.39 is 0 Å². The van der Waals surface area contributed by atoms with Crippen molar-refractivity contribution in [3.8, 4) is 11.5 Å². The van der Waals surface area contributed by atoms with E-state index in [1.165, 1.54) is 16.7 Å². The van der Waals surface area contributed by atoms with E-state index in [1.54, 1.807) is 7.11 Å². The molecule has 3 aromatic carbocycles. The SMILES string of the molecule is COc1ccc(C(C)(c2ccccc2)c2ccc(OCC3CO3)cc2)cc1. The summed E-state index contributed by atoms with van der Waals surface area (Å²) in [5.74, 6) is 1.74. The number of benzene rings is 3. The minimum Gasteiger partial charge on any atom is -0.497 e. The fraction of sp³-hybridized carbons (Fsp3) is 0.250. The van der Waals surface area contributed by atoms with Crippen molar-refractivity contribution in [2.24, 2.45) is 0 Å². The van der Waals surface area contributed by atoms with E-state index in [1.807, 2.05) is 24.3 Å². The van der Waals surface area contributed by atoms with Crippen LogP contribution >= 0.6 is 0 Å². The van der Waals surface area contributed by atoms with E-state index in [-0.39, 0.29) is 11.5 Å². The smallest absolute Gasteiger partial charge is 0.119 e. The molecule has 27 heavy (non-hydrogen) atoms. The molecule has 2 unspecified atom stereocenters. The quantitative estimate of drug-likeness (QED) is 0.447. The molecule has 1 saturated heterocycles. The van der Waals surface area contributed by atoms with Gasteiger partial charge in [0.05, 0.1) is 13.7 Å². The summed E-state index contributed by atoms with van der Waals surface area (Å²) in [7, 11) is 1.69. The highest BCUT2D eigenvalue weighted by atomic mass is 16.6. The molecule has 1 heterocycles. The third-order valence-corrected chi connectivity index (χ3v) is 5.29. The lowest BCUT2D eigenvalue weighted by Crippen LogP contribution is -2.25. The van der Waals surface area contributed by atoms with Gasteiger partial charge in [0.1, 0.15) is 24.2 Å². The van der Waals surface area contributed by atoms with Gasteiger partial charge in [-0.2, -0.15) is 0 Å². The van der Waals surface area contributed by atoms with Crippen molar-refractivity contribution in [1.82, 2.24) is 0 Å². The standard InChI is InChI=1S/C24H24O3/c1-24(18-6-4-3-5-7-18,19-8-12-21(25-2)13-9-19)20-10-14-22(15-11-20)26-16-23-17-27-23/h3-15,23H,16-17H2,1-2H3. The van der Waals surface area contributed by atoms with Crippen LogP contribution in [0.25, 0.3) is 0 Å². The van der Waals surface area contributed by atoms with Crippen molar-refractivity contribution in [2.45, 2.75) is 18.4 Å². The Balaban J connectivity index is 1.70. The number of epoxide rings is 1. The summed E-state index contributed by atoms with van der Waals surface area (Å²) in [5, 5.41) is 0. The van der Waals surface area contributed by atoms with E-state index in [2.05, 4.69) is 61.5 Å². The lowest BCUT2D eigenvalue weighted by Gasteiger charge is -2.32. The molecule has 0 bridgehead atoms. The van der Waals surface area contributed by atoms with Crippen LogP contribution in [0.5, 0.6) is 11.5 Å². The van der Waals surface area contributed by atoms with Crippen molar-refractivity contribution < 1.29 is 14.2 Å². The minimum atomic E-state index is -0.272. The first kappa shape index (κ1) is 17.6. The molecule has 1 aliphatic heterocycles. The zero-order chi connectivity index (χ0) is 18.7. The van der Waals surface area contributed by atoms with Gasteiger partial charge < -0.3 is 14.2 Å². The molecular weight excluding hydrogens is 336 g/mol. The molecule has 0 saturated carbocycles. The average molecular weight is 360 g/mol. The lowest BCUT2D eigenvalue weighted by molar-refractivity contribution is 0.263. The van der Waals surface area contributed by atoms with E-state index in [9.17, 15) is 0 Å². The van der Waals surface area contributed by atoms with Gasteiger partial charge in [-0.25, -0.2) is 0 Å². The first-order chi connectivity index (χ1) is 13.2. The molecule has 0 aliphatic carbocycles. The highest BCUT2D eigenvalue weighted by Crippen LogP contribution is 2.39. The van der Waals surface area contributed by atoms with Crippen LogP contribution in [0.15, 0.2) is 78.9 Å². The maximum absolute atomic E-state index is 5.80. The maximum Gasteiger partial charge on any atom is 0.119 e. The lowest BCUT2D eigenvalue weighted by atomic mass is 9.71. The Hall–Kier alpha value is -2.78. The van der Waals surface area contributed by atoms with E-state index >= 15 is 0 Å². The van der Waals surface area contributed by atoms with Crippen LogP contribution in [0, 0.1) is 0 Å². The molecule has 1 aliphatic rings. The van der Waals surface area contributed by atoms with Crippen molar-refractivity contribution in [3.63, 3.8) is 0 Å². The Labute approximate surface area is 160 Å². The Morgan fingerprint density at radius 1 is 0.815 bits per heavy atom. The van der Waals surface area contributed by atoms with Gasteiger partial charge in [-0.05, 0) is 47.9 Å². The Kier molecular flexibility index (Phi) is 4.87. The van der Waals surface area contributed by atoms with Gasteiger partial charge >= 0.3 is 0 Å². The van der Waals surface area contributed by atoms with Gasteiger partial charge in [-0.3, -0.25) is 0 Å². The third-order valence-electron chi connectivity index (χ3n) is 5.29. The number of hydrogen-bond donors (Lipinski definition) is 0. The topological polar surface area (TPSA) is 31.0 Å². The van der Waals surface area contributed by atoms with Gasteiger partial charge in [0.2, 0.25) is 0 Å². The summed E-state index contributed by atoms with van der Waals surface area (Å²) in [5.41, 5.74) is 3.41. The second-order valence-corrected chi connectivity index (χ2v) is 7.01. The van der Waals surface area contributed by atoms with E-state index in [4.69, 9.17) is 14.2 Å². The van der Waals surface area contributed by atoms with Crippen LogP contribution < -0.4 is 9.47 Å². The summed E-state index contributed by atoms with van der Waals surface area (Å²) in [4.78, 5) is 0. The zero-order valence-electron chi connectivity index (χ0n) is 15.7. The molecule has 0 aromatic heterocycles. The maximum atomic E-state index is 5.80. The van der Waals surface area contributed by atoms with Crippen LogP contribution in [0.3, 0.4) is 0 Å². The summed E-state index contributed by atoms with van der Waals surface area (Å²) < 4.78 is 16.3. The van der Waals surface area contributed by atoms with Gasteiger partial charge in [-0.1, -0.05) is 54.6 Å². The van der Waals surface area contributed by atoms with E-state index in [0.29, 0.717) is 6.61 Å². The molecule has 0 radical (unpaired) electrons. The molecule has 138 valence electrons. The summed E-state index contributed by atoms with van der Waals surface area (Å²) in [6.45, 7) is 3.69. The summed E-state index contributed by atoms with van der Waals surface area (Å²) in [6.07, 6.45) is 0.263. The second kappa shape index (κ2) is 7.45. The molecule has 4 rings (SSSR count). The van der Waals surface area contributed by atoms with E-state index in [0.717, 1.165) is 18.1 Å². The van der Waals surface area contributed by atoms with Crippen LogP contribution in [-0.4, -0.2) is 26.4 Å². The largest absolute Gasteiger partial charge is 0.497 e. The number of methoxy groups -OCH3 is 1. The van der Waals surface area contributed by atoms with Crippen LogP contribution in [0.1, 0.15) is 23.6 Å². The van der Waals surface area contributed by atoms with Gasteiger partial charge in [0, 0.05) is 5.41 Å². The Bertz CT molecular complexity index is 868. The Morgan fingerprint density at radius 3 is 1.85 bits per heavy atom. The fourth-order valence-electron chi connectivity index (χ4n) is 3.43. The number of rotatable bonds is 7. The molecule has 3 aromatic rings. The molecule has 0 N–H and O–H groups in total. The predicted molar refractivity (Wildman–Crippen MR) is 107 cm³/mol. The molecule has 2 atom stereocenters. The predicted octanol–water partition coefficient (Wildman–Crippen LogP) is 4.83. The molecular formula is C24H24O3. The van der Waals surface area contributed by atoms with Crippen molar-refractivity contribution in [2.75, 3.05) is 20.3 Å². The number of hydrogen-bond acceptors (Lipinski definition) is 3. The molecule has 0 amide bonds. The van der Waals surface area contributed by atoms with Crippen molar-refractivity contribution in [3.05, 3.63) is 95.6 Å². The minimum absolute atomic E-state index is 0.263. The van der Waals surface area contributed by atoms with Crippen LogP contribution in [-0.2, 0) is 10.2 Å². The third kappa shape index (κ3) is 3.69. The van der Waals surface area contributed by atoms with Crippen molar-refractivity contribution in [1.29, 1.82) is 0 Å².